The zero-order valence-electron chi connectivity index (χ0n) is 12.1. The van der Waals surface area contributed by atoms with Crippen molar-refractivity contribution in [2.24, 2.45) is 11.3 Å². The summed E-state index contributed by atoms with van der Waals surface area (Å²) < 4.78 is 10.9. The number of carbonyl (C=O) groups is 2. The highest BCUT2D eigenvalue weighted by atomic mass is 16.7. The van der Waals surface area contributed by atoms with Gasteiger partial charge in [-0.25, -0.2) is 4.79 Å². The summed E-state index contributed by atoms with van der Waals surface area (Å²) in [7, 11) is 1.50. The molecule has 1 aliphatic heterocycles. The van der Waals surface area contributed by atoms with Gasteiger partial charge >= 0.3 is 5.97 Å². The van der Waals surface area contributed by atoms with Crippen LogP contribution < -0.4 is 0 Å². The van der Waals surface area contributed by atoms with Crippen molar-refractivity contribution in [3.63, 3.8) is 0 Å². The Bertz CT molecular complexity index is 610. The SMILES string of the molecule is COC12C=C3C(=O)C=CC(C)C3(C)CC1=C(C)C(=O)O2. The Hall–Kier alpha value is -1.68. The summed E-state index contributed by atoms with van der Waals surface area (Å²) in [5.74, 6) is -1.36. The molecular weight excluding hydrogens is 256 g/mol. The molecule has 0 saturated heterocycles. The summed E-state index contributed by atoms with van der Waals surface area (Å²) in [6.45, 7) is 5.91. The molecule has 1 heterocycles. The van der Waals surface area contributed by atoms with Gasteiger partial charge in [0, 0.05) is 29.2 Å². The topological polar surface area (TPSA) is 52.6 Å². The molecule has 2 aliphatic carbocycles. The van der Waals surface area contributed by atoms with Crippen molar-refractivity contribution in [1.29, 1.82) is 0 Å². The minimum absolute atomic E-state index is 0.0262. The van der Waals surface area contributed by atoms with E-state index in [0.717, 1.165) is 5.57 Å². The molecule has 3 unspecified atom stereocenters. The number of fused-ring (bicyclic) bond motifs is 2. The standard InChI is InChI=1S/C16H18O4/c1-9-5-6-13(17)12-8-16(19-4)11(7-15(9,12)3)10(2)14(18)20-16/h5-6,8-9H,7H2,1-4H3. The normalized spacial score (nSPS) is 39.4. The third-order valence-corrected chi connectivity index (χ3v) is 5.03. The third-order valence-electron chi connectivity index (χ3n) is 5.03. The van der Waals surface area contributed by atoms with Crippen LogP contribution in [0.4, 0.5) is 0 Å². The smallest absolute Gasteiger partial charge is 0.336 e. The van der Waals surface area contributed by atoms with Crippen LogP contribution >= 0.6 is 0 Å². The molecule has 20 heavy (non-hydrogen) atoms. The number of methoxy groups -OCH3 is 1. The van der Waals surface area contributed by atoms with Crippen LogP contribution in [-0.4, -0.2) is 24.6 Å². The molecule has 0 saturated carbocycles. The number of esters is 1. The molecule has 4 heteroatoms. The molecule has 4 nitrogen and oxygen atoms in total. The van der Waals surface area contributed by atoms with E-state index < -0.39 is 5.79 Å². The molecule has 0 aromatic carbocycles. The Labute approximate surface area is 118 Å². The van der Waals surface area contributed by atoms with Crippen molar-refractivity contribution < 1.29 is 19.1 Å². The van der Waals surface area contributed by atoms with Crippen LogP contribution in [0.1, 0.15) is 27.2 Å². The lowest BCUT2D eigenvalue weighted by atomic mass is 9.60. The van der Waals surface area contributed by atoms with E-state index in [2.05, 4.69) is 13.8 Å². The van der Waals surface area contributed by atoms with Crippen molar-refractivity contribution in [2.45, 2.75) is 33.0 Å². The van der Waals surface area contributed by atoms with Crippen LogP contribution in [0.15, 0.2) is 34.9 Å². The highest BCUT2D eigenvalue weighted by Gasteiger charge is 2.55. The second kappa shape index (κ2) is 3.92. The van der Waals surface area contributed by atoms with E-state index in [0.29, 0.717) is 17.6 Å². The number of rotatable bonds is 1. The fourth-order valence-corrected chi connectivity index (χ4v) is 3.37. The summed E-state index contributed by atoms with van der Waals surface area (Å²) >= 11 is 0. The largest absolute Gasteiger partial charge is 0.422 e. The van der Waals surface area contributed by atoms with Crippen LogP contribution in [0.2, 0.25) is 0 Å². The molecular formula is C16H18O4. The van der Waals surface area contributed by atoms with Crippen molar-refractivity contribution in [1.82, 2.24) is 0 Å². The Morgan fingerprint density at radius 3 is 2.75 bits per heavy atom. The molecule has 3 atom stereocenters. The summed E-state index contributed by atoms with van der Waals surface area (Å²) in [5, 5.41) is 0. The Kier molecular flexibility index (Phi) is 2.61. The first-order valence-electron chi connectivity index (χ1n) is 6.78. The second-order valence-electron chi connectivity index (χ2n) is 6.03. The number of carbonyl (C=O) groups excluding carboxylic acids is 2. The van der Waals surface area contributed by atoms with Crippen LogP contribution in [0.25, 0.3) is 0 Å². The lowest BCUT2D eigenvalue weighted by Crippen LogP contribution is -2.45. The molecule has 0 spiro atoms. The molecule has 3 aliphatic rings. The van der Waals surface area contributed by atoms with E-state index in [1.807, 2.05) is 6.08 Å². The van der Waals surface area contributed by atoms with Gasteiger partial charge in [-0.15, -0.1) is 0 Å². The Balaban J connectivity index is 2.24. The van der Waals surface area contributed by atoms with E-state index in [4.69, 9.17) is 9.47 Å². The molecule has 0 aromatic rings. The van der Waals surface area contributed by atoms with Crippen molar-refractivity contribution in [3.8, 4) is 0 Å². The number of hydrogen-bond donors (Lipinski definition) is 0. The molecule has 106 valence electrons. The molecule has 0 radical (unpaired) electrons. The van der Waals surface area contributed by atoms with Gasteiger partial charge in [-0.05, 0) is 31.4 Å². The predicted molar refractivity (Wildman–Crippen MR) is 72.7 cm³/mol. The molecule has 0 fully saturated rings. The van der Waals surface area contributed by atoms with Gasteiger partial charge in [0.05, 0.1) is 0 Å². The maximum atomic E-state index is 12.2. The summed E-state index contributed by atoms with van der Waals surface area (Å²) in [6.07, 6.45) is 5.83. The van der Waals surface area contributed by atoms with Crippen LogP contribution in [-0.2, 0) is 19.1 Å². The number of allylic oxidation sites excluding steroid dienone is 3. The van der Waals surface area contributed by atoms with Gasteiger partial charge in [0.2, 0.25) is 0 Å². The molecule has 0 bridgehead atoms. The minimum atomic E-state index is -1.18. The zero-order chi connectivity index (χ0) is 14.7. The monoisotopic (exact) mass is 274 g/mol. The highest BCUT2D eigenvalue weighted by molar-refractivity contribution is 6.07. The van der Waals surface area contributed by atoms with Crippen LogP contribution in [0.5, 0.6) is 0 Å². The van der Waals surface area contributed by atoms with Gasteiger partial charge in [-0.2, -0.15) is 0 Å². The highest BCUT2D eigenvalue weighted by Crippen LogP contribution is 2.54. The van der Waals surface area contributed by atoms with Gasteiger partial charge in [0.15, 0.2) is 5.78 Å². The van der Waals surface area contributed by atoms with E-state index in [-0.39, 0.29) is 23.1 Å². The Morgan fingerprint density at radius 1 is 1.40 bits per heavy atom. The number of ketones is 1. The average molecular weight is 274 g/mol. The fraction of sp³-hybridized carbons (Fsp3) is 0.500. The maximum Gasteiger partial charge on any atom is 0.336 e. The van der Waals surface area contributed by atoms with Crippen molar-refractivity contribution in [2.75, 3.05) is 7.11 Å². The summed E-state index contributed by atoms with van der Waals surface area (Å²) in [4.78, 5) is 24.1. The zero-order valence-corrected chi connectivity index (χ0v) is 12.1. The first-order valence-corrected chi connectivity index (χ1v) is 6.78. The maximum absolute atomic E-state index is 12.2. The molecule has 0 aromatic heterocycles. The predicted octanol–water partition coefficient (Wildman–Crippen LogP) is 2.31. The molecule has 3 rings (SSSR count). The Morgan fingerprint density at radius 2 is 2.10 bits per heavy atom. The summed E-state index contributed by atoms with van der Waals surface area (Å²) in [6, 6.07) is 0. The third kappa shape index (κ3) is 1.45. The quantitative estimate of drug-likeness (QED) is 0.689. The first kappa shape index (κ1) is 13.3. The van der Waals surface area contributed by atoms with E-state index in [1.54, 1.807) is 19.1 Å². The second-order valence-corrected chi connectivity index (χ2v) is 6.03. The van der Waals surface area contributed by atoms with Crippen LogP contribution in [0, 0.1) is 11.3 Å². The lowest BCUT2D eigenvalue weighted by molar-refractivity contribution is -0.178. The van der Waals surface area contributed by atoms with Gasteiger partial charge in [-0.1, -0.05) is 19.9 Å². The van der Waals surface area contributed by atoms with Gasteiger partial charge < -0.3 is 9.47 Å². The number of hydrogen-bond acceptors (Lipinski definition) is 4. The average Bonchev–Trinajstić information content (AvgIpc) is 2.66. The number of ether oxygens (including phenoxy) is 2. The lowest BCUT2D eigenvalue weighted by Gasteiger charge is -2.45. The first-order chi connectivity index (χ1) is 9.34. The van der Waals surface area contributed by atoms with Gasteiger partial charge in [0.25, 0.3) is 5.79 Å². The van der Waals surface area contributed by atoms with E-state index >= 15 is 0 Å². The van der Waals surface area contributed by atoms with Gasteiger partial charge in [0.1, 0.15) is 0 Å². The molecule has 0 amide bonds. The molecule has 0 N–H and O–H groups in total. The van der Waals surface area contributed by atoms with Crippen molar-refractivity contribution >= 4 is 11.8 Å². The van der Waals surface area contributed by atoms with Gasteiger partial charge in [-0.3, -0.25) is 4.79 Å². The minimum Gasteiger partial charge on any atom is -0.422 e. The van der Waals surface area contributed by atoms with E-state index in [1.165, 1.54) is 7.11 Å². The van der Waals surface area contributed by atoms with E-state index in [9.17, 15) is 9.59 Å². The van der Waals surface area contributed by atoms with Crippen LogP contribution in [0.3, 0.4) is 0 Å². The van der Waals surface area contributed by atoms with Crippen molar-refractivity contribution in [3.05, 3.63) is 34.9 Å². The fourth-order valence-electron chi connectivity index (χ4n) is 3.37. The summed E-state index contributed by atoms with van der Waals surface area (Å²) in [5.41, 5.74) is 1.81.